The van der Waals surface area contributed by atoms with E-state index in [0.29, 0.717) is 17.9 Å². The molecule has 166 valence electrons. The first-order chi connectivity index (χ1) is 15.5. The minimum Gasteiger partial charge on any atom is -0.452 e. The van der Waals surface area contributed by atoms with Crippen molar-refractivity contribution < 1.29 is 28.3 Å². The van der Waals surface area contributed by atoms with Crippen molar-refractivity contribution in [3.63, 3.8) is 0 Å². The number of carbonyl (C=O) groups is 3. The zero-order valence-electron chi connectivity index (χ0n) is 17.7. The van der Waals surface area contributed by atoms with Crippen LogP contribution < -0.4 is 10.6 Å². The number of rotatable bonds is 8. The van der Waals surface area contributed by atoms with E-state index in [1.165, 1.54) is 7.11 Å². The van der Waals surface area contributed by atoms with Crippen molar-refractivity contribution in [2.24, 2.45) is 0 Å². The molecule has 0 bridgehead atoms. The van der Waals surface area contributed by atoms with E-state index < -0.39 is 24.5 Å². The SMILES string of the molecule is COCCNC(=O)NC(=O)COC(=O)c1ccccc1-c1ncc(-c2ccc(C)cc2)o1. The molecule has 9 nitrogen and oxygen atoms in total. The Bertz CT molecular complexity index is 1090. The van der Waals surface area contributed by atoms with Gasteiger partial charge in [0.05, 0.1) is 23.9 Å². The Hall–Kier alpha value is -3.98. The molecule has 2 aromatic carbocycles. The van der Waals surface area contributed by atoms with E-state index >= 15 is 0 Å². The van der Waals surface area contributed by atoms with Crippen LogP contribution in [0.15, 0.2) is 59.1 Å². The van der Waals surface area contributed by atoms with Crippen molar-refractivity contribution in [3.8, 4) is 22.8 Å². The van der Waals surface area contributed by atoms with E-state index in [2.05, 4.69) is 15.6 Å². The highest BCUT2D eigenvalue weighted by molar-refractivity contribution is 5.99. The zero-order valence-corrected chi connectivity index (χ0v) is 17.7. The number of oxazole rings is 1. The van der Waals surface area contributed by atoms with E-state index in [1.54, 1.807) is 30.5 Å². The molecule has 9 heteroatoms. The second-order valence-corrected chi connectivity index (χ2v) is 6.81. The van der Waals surface area contributed by atoms with E-state index in [0.717, 1.165) is 11.1 Å². The van der Waals surface area contributed by atoms with Crippen LogP contribution in [0.3, 0.4) is 0 Å². The fourth-order valence-corrected chi connectivity index (χ4v) is 2.78. The van der Waals surface area contributed by atoms with Crippen molar-refractivity contribution in [1.82, 2.24) is 15.6 Å². The molecule has 0 saturated heterocycles. The molecule has 0 aliphatic carbocycles. The van der Waals surface area contributed by atoms with Crippen molar-refractivity contribution in [1.29, 1.82) is 0 Å². The Morgan fingerprint density at radius 1 is 1.06 bits per heavy atom. The number of esters is 1. The van der Waals surface area contributed by atoms with Gasteiger partial charge in [0.25, 0.3) is 5.91 Å². The second kappa shape index (κ2) is 10.9. The van der Waals surface area contributed by atoms with Crippen molar-refractivity contribution in [2.45, 2.75) is 6.92 Å². The number of hydrogen-bond acceptors (Lipinski definition) is 7. The number of imide groups is 1. The first-order valence-electron chi connectivity index (χ1n) is 9.84. The topological polar surface area (TPSA) is 120 Å². The van der Waals surface area contributed by atoms with Crippen LogP contribution in [0, 0.1) is 6.92 Å². The van der Waals surface area contributed by atoms with Gasteiger partial charge in [0.15, 0.2) is 12.4 Å². The number of ether oxygens (including phenoxy) is 2. The molecule has 1 heterocycles. The molecule has 0 fully saturated rings. The normalized spacial score (nSPS) is 10.4. The number of carbonyl (C=O) groups excluding carboxylic acids is 3. The number of hydrogen-bond donors (Lipinski definition) is 2. The first-order valence-corrected chi connectivity index (χ1v) is 9.84. The van der Waals surface area contributed by atoms with Gasteiger partial charge >= 0.3 is 12.0 Å². The molecule has 0 unspecified atom stereocenters. The van der Waals surface area contributed by atoms with Gasteiger partial charge in [-0.2, -0.15) is 0 Å². The molecule has 1 aromatic heterocycles. The van der Waals surface area contributed by atoms with Gasteiger partial charge in [-0.05, 0) is 19.1 Å². The lowest BCUT2D eigenvalue weighted by molar-refractivity contribution is -0.123. The maximum atomic E-state index is 12.6. The lowest BCUT2D eigenvalue weighted by Crippen LogP contribution is -2.42. The first kappa shape index (κ1) is 22.7. The van der Waals surface area contributed by atoms with E-state index in [-0.39, 0.29) is 18.0 Å². The van der Waals surface area contributed by atoms with Crippen LogP contribution in [-0.2, 0) is 14.3 Å². The van der Waals surface area contributed by atoms with Gasteiger partial charge in [-0.1, -0.05) is 42.0 Å². The van der Waals surface area contributed by atoms with Crippen LogP contribution in [-0.4, -0.2) is 49.8 Å². The molecule has 0 aliphatic rings. The standard InChI is InChI=1S/C23H23N3O6/c1-15-7-9-16(10-8-15)19-13-25-21(32-19)17-5-3-4-6-18(17)22(28)31-14-20(27)26-23(29)24-11-12-30-2/h3-10,13H,11-12,14H2,1-2H3,(H2,24,26,27,29). The molecule has 0 atom stereocenters. The molecule has 3 amide bonds. The number of nitrogens with one attached hydrogen (secondary N) is 2. The predicted octanol–water partition coefficient (Wildman–Crippen LogP) is 2.95. The van der Waals surface area contributed by atoms with Crippen molar-refractivity contribution in [3.05, 3.63) is 65.9 Å². The third-order valence-electron chi connectivity index (χ3n) is 4.40. The summed E-state index contributed by atoms with van der Waals surface area (Å²) < 4.78 is 15.7. The van der Waals surface area contributed by atoms with Gasteiger partial charge in [0, 0.05) is 19.2 Å². The average Bonchev–Trinajstić information content (AvgIpc) is 3.28. The molecular weight excluding hydrogens is 414 g/mol. The monoisotopic (exact) mass is 437 g/mol. The molecule has 2 N–H and O–H groups in total. The molecule has 0 aliphatic heterocycles. The van der Waals surface area contributed by atoms with E-state index in [4.69, 9.17) is 13.9 Å². The number of nitrogens with zero attached hydrogens (tertiary/aromatic N) is 1. The summed E-state index contributed by atoms with van der Waals surface area (Å²) in [5.41, 5.74) is 2.59. The Balaban J connectivity index is 1.65. The fourth-order valence-electron chi connectivity index (χ4n) is 2.78. The molecular formula is C23H23N3O6. The maximum absolute atomic E-state index is 12.6. The molecule has 0 saturated carbocycles. The van der Waals surface area contributed by atoms with Crippen LogP contribution in [0.1, 0.15) is 15.9 Å². The van der Waals surface area contributed by atoms with Crippen LogP contribution in [0.25, 0.3) is 22.8 Å². The van der Waals surface area contributed by atoms with Gasteiger partial charge in [-0.25, -0.2) is 14.6 Å². The third-order valence-corrected chi connectivity index (χ3v) is 4.40. The number of urea groups is 1. The highest BCUT2D eigenvalue weighted by atomic mass is 16.5. The van der Waals surface area contributed by atoms with Gasteiger partial charge in [0.2, 0.25) is 5.89 Å². The number of amides is 3. The van der Waals surface area contributed by atoms with Crippen molar-refractivity contribution in [2.75, 3.05) is 26.9 Å². The lowest BCUT2D eigenvalue weighted by Gasteiger charge is -2.08. The van der Waals surface area contributed by atoms with Gasteiger partial charge in [0.1, 0.15) is 0 Å². The fraction of sp³-hybridized carbons (Fsp3) is 0.217. The lowest BCUT2D eigenvalue weighted by atomic mass is 10.1. The van der Waals surface area contributed by atoms with Gasteiger partial charge < -0.3 is 19.2 Å². The largest absolute Gasteiger partial charge is 0.452 e. The van der Waals surface area contributed by atoms with E-state index in [9.17, 15) is 14.4 Å². The third kappa shape index (κ3) is 6.02. The Labute approximate surface area is 184 Å². The molecule has 3 aromatic rings. The number of benzene rings is 2. The number of aromatic nitrogens is 1. The summed E-state index contributed by atoms with van der Waals surface area (Å²) in [6.07, 6.45) is 1.58. The molecule has 0 spiro atoms. The summed E-state index contributed by atoms with van der Waals surface area (Å²) in [6.45, 7) is 1.92. The van der Waals surface area contributed by atoms with Gasteiger partial charge in [-0.3, -0.25) is 10.1 Å². The predicted molar refractivity (Wildman–Crippen MR) is 116 cm³/mol. The van der Waals surface area contributed by atoms with Crippen LogP contribution >= 0.6 is 0 Å². The van der Waals surface area contributed by atoms with Gasteiger partial charge in [-0.15, -0.1) is 0 Å². The summed E-state index contributed by atoms with van der Waals surface area (Å²) in [5.74, 6) is -0.703. The molecule has 0 radical (unpaired) electrons. The van der Waals surface area contributed by atoms with E-state index in [1.807, 2.05) is 31.2 Å². The summed E-state index contributed by atoms with van der Waals surface area (Å²) >= 11 is 0. The van der Waals surface area contributed by atoms with Crippen LogP contribution in [0.4, 0.5) is 4.79 Å². The summed E-state index contributed by atoms with van der Waals surface area (Å²) in [6, 6.07) is 13.7. The average molecular weight is 437 g/mol. The van der Waals surface area contributed by atoms with Crippen molar-refractivity contribution >= 4 is 17.9 Å². The quantitative estimate of drug-likeness (QED) is 0.411. The second-order valence-electron chi connectivity index (χ2n) is 6.81. The Morgan fingerprint density at radius 2 is 1.81 bits per heavy atom. The highest BCUT2D eigenvalue weighted by Crippen LogP contribution is 2.28. The summed E-state index contributed by atoms with van der Waals surface area (Å²) in [7, 11) is 1.49. The maximum Gasteiger partial charge on any atom is 0.339 e. The zero-order chi connectivity index (χ0) is 22.9. The Kier molecular flexibility index (Phi) is 7.71. The summed E-state index contributed by atoms with van der Waals surface area (Å²) in [5, 5.41) is 4.49. The minimum atomic E-state index is -0.761. The van der Waals surface area contributed by atoms with Crippen LogP contribution in [0.2, 0.25) is 0 Å². The number of aryl methyl sites for hydroxylation is 1. The smallest absolute Gasteiger partial charge is 0.339 e. The highest BCUT2D eigenvalue weighted by Gasteiger charge is 2.19. The molecule has 32 heavy (non-hydrogen) atoms. The van der Waals surface area contributed by atoms with Crippen LogP contribution in [0.5, 0.6) is 0 Å². The molecule has 3 rings (SSSR count). The number of methoxy groups -OCH3 is 1. The Morgan fingerprint density at radius 3 is 2.56 bits per heavy atom. The minimum absolute atomic E-state index is 0.183. The summed E-state index contributed by atoms with van der Waals surface area (Å²) in [4.78, 5) is 40.3.